The first kappa shape index (κ1) is 17.9. The summed E-state index contributed by atoms with van der Waals surface area (Å²) in [6.45, 7) is 3.71. The monoisotopic (exact) mass is 324 g/mol. The summed E-state index contributed by atoms with van der Waals surface area (Å²) in [5.41, 5.74) is 0.419. The van der Waals surface area contributed by atoms with Crippen molar-refractivity contribution in [3.8, 4) is 11.5 Å². The van der Waals surface area contributed by atoms with Gasteiger partial charge in [-0.05, 0) is 38.5 Å². The predicted molar refractivity (Wildman–Crippen MR) is 83.8 cm³/mol. The summed E-state index contributed by atoms with van der Waals surface area (Å²) in [6.07, 6.45) is 1.84. The van der Waals surface area contributed by atoms with Crippen LogP contribution in [0.3, 0.4) is 0 Å². The van der Waals surface area contributed by atoms with Crippen molar-refractivity contribution in [1.29, 1.82) is 0 Å². The molecule has 0 heterocycles. The van der Waals surface area contributed by atoms with E-state index >= 15 is 0 Å². The van der Waals surface area contributed by atoms with E-state index in [0.717, 1.165) is 23.8 Å². The lowest BCUT2D eigenvalue weighted by molar-refractivity contribution is 0.0943. The Balaban J connectivity index is 0.00000242. The number of rotatable bonds is 3. The van der Waals surface area contributed by atoms with E-state index in [9.17, 15) is 24.9 Å². The predicted octanol–water partition coefficient (Wildman–Crippen LogP) is 2.54. The van der Waals surface area contributed by atoms with E-state index in [1.165, 1.54) is 0 Å². The molecule has 1 aromatic rings. The second-order valence-corrected chi connectivity index (χ2v) is 5.18. The molecule has 0 saturated heterocycles. The lowest BCUT2D eigenvalue weighted by Crippen LogP contribution is -2.25. The maximum absolute atomic E-state index is 12.3. The molecule has 6 heteroatoms. The van der Waals surface area contributed by atoms with Crippen molar-refractivity contribution >= 4 is 24.0 Å². The fourth-order valence-corrected chi connectivity index (χ4v) is 2.21. The zero-order valence-electron chi connectivity index (χ0n) is 12.2. The first-order valence-corrected chi connectivity index (χ1v) is 6.50. The van der Waals surface area contributed by atoms with Crippen molar-refractivity contribution in [3.05, 3.63) is 46.6 Å². The summed E-state index contributed by atoms with van der Waals surface area (Å²) in [4.78, 5) is 24.4. The third kappa shape index (κ3) is 3.21. The fourth-order valence-electron chi connectivity index (χ4n) is 2.21. The van der Waals surface area contributed by atoms with Gasteiger partial charge in [-0.3, -0.25) is 9.59 Å². The molecule has 0 spiro atoms. The van der Waals surface area contributed by atoms with E-state index < -0.39 is 17.7 Å². The van der Waals surface area contributed by atoms with Crippen molar-refractivity contribution in [2.45, 2.75) is 26.4 Å². The Kier molecular flexibility index (Phi) is 5.52. The average Bonchev–Trinajstić information content (AvgIpc) is 2.42. The van der Waals surface area contributed by atoms with Crippen molar-refractivity contribution in [3.63, 3.8) is 0 Å². The van der Waals surface area contributed by atoms with Crippen LogP contribution in [0.15, 0.2) is 35.4 Å². The normalized spacial score (nSPS) is 14.6. The van der Waals surface area contributed by atoms with Crippen molar-refractivity contribution in [1.82, 2.24) is 0 Å². The Labute approximate surface area is 134 Å². The van der Waals surface area contributed by atoms with Crippen molar-refractivity contribution < 1.29 is 24.9 Å². The molecule has 1 aliphatic carbocycles. The molecule has 0 bridgehead atoms. The van der Waals surface area contributed by atoms with Gasteiger partial charge in [0.15, 0.2) is 11.6 Å². The van der Waals surface area contributed by atoms with Gasteiger partial charge in [-0.15, -0.1) is 12.4 Å². The molecule has 0 fully saturated rings. The van der Waals surface area contributed by atoms with Crippen molar-refractivity contribution in [2.75, 3.05) is 0 Å². The molecule has 0 amide bonds. The molecule has 1 aromatic carbocycles. The number of fused-ring (bicyclic) bond motifs is 1. The van der Waals surface area contributed by atoms with Crippen LogP contribution in [0.2, 0.25) is 0 Å². The van der Waals surface area contributed by atoms with Crippen LogP contribution in [0.1, 0.15) is 41.0 Å². The third-order valence-corrected chi connectivity index (χ3v) is 3.29. The third-order valence-electron chi connectivity index (χ3n) is 3.29. The molecule has 1 aliphatic rings. The number of carbonyl (C=O) groups is 2. The minimum Gasteiger partial charge on any atom is -0.507 e. The van der Waals surface area contributed by atoms with Crippen LogP contribution in [-0.4, -0.2) is 33.0 Å². The van der Waals surface area contributed by atoms with Gasteiger partial charge >= 0.3 is 0 Å². The highest BCUT2D eigenvalue weighted by atomic mass is 35.5. The van der Waals surface area contributed by atoms with E-state index in [0.29, 0.717) is 0 Å². The molecule has 22 heavy (non-hydrogen) atoms. The van der Waals surface area contributed by atoms with E-state index in [4.69, 9.17) is 0 Å². The zero-order chi connectivity index (χ0) is 15.7. The quantitative estimate of drug-likeness (QED) is 0.586. The maximum Gasteiger partial charge on any atom is 0.196 e. The first-order chi connectivity index (χ1) is 9.82. The molecular formula is C16H17ClO5. The van der Waals surface area contributed by atoms with Gasteiger partial charge in [0, 0.05) is 5.57 Å². The van der Waals surface area contributed by atoms with Crippen molar-refractivity contribution in [2.24, 2.45) is 0 Å². The number of aliphatic hydroxyl groups excluding tert-OH is 1. The van der Waals surface area contributed by atoms with Crippen LogP contribution in [0, 0.1) is 0 Å². The standard InChI is InChI=1S/C16H16O5.ClH/c1-8(2)3-4-10(17)9-7-13(20)14-11(18)5-6-12(19)15(14)16(9)21;/h3,5-7,10,17-19H,4H2,1-2H3;1H/t10-;/m1./s1. The molecule has 2 rings (SSSR count). The molecule has 3 N–H and O–H groups in total. The first-order valence-electron chi connectivity index (χ1n) is 6.50. The molecule has 0 aromatic heterocycles. The van der Waals surface area contributed by atoms with Crippen LogP contribution in [-0.2, 0) is 0 Å². The number of hydrogen-bond acceptors (Lipinski definition) is 5. The Morgan fingerprint density at radius 2 is 1.68 bits per heavy atom. The van der Waals surface area contributed by atoms with E-state index in [-0.39, 0.29) is 47.0 Å². The molecule has 0 aliphatic heterocycles. The number of carbonyl (C=O) groups excluding carboxylic acids is 2. The molecule has 0 saturated carbocycles. The minimum atomic E-state index is -1.13. The number of phenols is 2. The van der Waals surface area contributed by atoms with E-state index in [2.05, 4.69) is 0 Å². The second-order valence-electron chi connectivity index (χ2n) is 5.18. The van der Waals surface area contributed by atoms with Crippen LogP contribution >= 0.6 is 12.4 Å². The Hall–Kier alpha value is -2.11. The van der Waals surface area contributed by atoms with Gasteiger partial charge < -0.3 is 15.3 Å². The Morgan fingerprint density at radius 3 is 2.23 bits per heavy atom. The maximum atomic E-state index is 12.3. The van der Waals surface area contributed by atoms with Crippen LogP contribution < -0.4 is 0 Å². The summed E-state index contributed by atoms with van der Waals surface area (Å²) < 4.78 is 0. The fraction of sp³-hybridized carbons (Fsp3) is 0.250. The van der Waals surface area contributed by atoms with Gasteiger partial charge in [0.1, 0.15) is 11.5 Å². The highest BCUT2D eigenvalue weighted by molar-refractivity contribution is 6.26. The van der Waals surface area contributed by atoms with E-state index in [1.54, 1.807) is 6.08 Å². The zero-order valence-corrected chi connectivity index (χ0v) is 13.0. The van der Waals surface area contributed by atoms with Gasteiger partial charge in [-0.2, -0.15) is 0 Å². The Morgan fingerprint density at radius 1 is 1.14 bits per heavy atom. The highest BCUT2D eigenvalue weighted by Crippen LogP contribution is 2.35. The summed E-state index contributed by atoms with van der Waals surface area (Å²) in [5.74, 6) is -2.01. The van der Waals surface area contributed by atoms with Gasteiger partial charge in [0.2, 0.25) is 0 Å². The van der Waals surface area contributed by atoms with E-state index in [1.807, 2.05) is 13.8 Å². The van der Waals surface area contributed by atoms with Crippen LogP contribution in [0.5, 0.6) is 11.5 Å². The number of phenolic OH excluding ortho intramolecular Hbond substituents is 2. The number of halogens is 1. The minimum absolute atomic E-state index is 0. The number of aromatic hydroxyl groups is 2. The number of aliphatic hydroxyl groups is 1. The molecule has 118 valence electrons. The summed E-state index contributed by atoms with van der Waals surface area (Å²) in [6, 6.07) is 2.29. The van der Waals surface area contributed by atoms with Crippen LogP contribution in [0.4, 0.5) is 0 Å². The van der Waals surface area contributed by atoms with Gasteiger partial charge in [-0.25, -0.2) is 0 Å². The van der Waals surface area contributed by atoms with Crippen LogP contribution in [0.25, 0.3) is 0 Å². The SMILES string of the molecule is CC(C)=CC[C@@H](O)C1=CC(=O)c2c(O)ccc(O)c2C1=O.Cl. The second kappa shape index (κ2) is 6.77. The van der Waals surface area contributed by atoms with Gasteiger partial charge in [0.25, 0.3) is 0 Å². The molecule has 0 unspecified atom stereocenters. The highest BCUT2D eigenvalue weighted by Gasteiger charge is 2.33. The molecular weight excluding hydrogens is 308 g/mol. The lowest BCUT2D eigenvalue weighted by Gasteiger charge is -2.20. The topological polar surface area (TPSA) is 94.8 Å². The molecule has 0 radical (unpaired) electrons. The summed E-state index contributed by atoms with van der Waals surface area (Å²) >= 11 is 0. The number of hydrogen-bond donors (Lipinski definition) is 3. The number of allylic oxidation sites excluding steroid dienone is 2. The number of benzene rings is 1. The number of ketones is 2. The molecule has 1 atom stereocenters. The summed E-state index contributed by atoms with van der Waals surface area (Å²) in [7, 11) is 0. The average molecular weight is 325 g/mol. The Bertz CT molecular complexity index is 684. The smallest absolute Gasteiger partial charge is 0.196 e. The largest absolute Gasteiger partial charge is 0.507 e. The summed E-state index contributed by atoms with van der Waals surface area (Å²) in [5, 5.41) is 29.5. The molecule has 5 nitrogen and oxygen atoms in total. The lowest BCUT2D eigenvalue weighted by atomic mass is 9.85. The van der Waals surface area contributed by atoms with Gasteiger partial charge in [-0.1, -0.05) is 11.6 Å². The van der Waals surface area contributed by atoms with Gasteiger partial charge in [0.05, 0.1) is 17.2 Å². The number of Topliss-reactive ketones (excluding diaryl/α,β-unsaturated/α-hetero) is 1.